The third-order valence-corrected chi connectivity index (χ3v) is 9.03. The number of nitrogens with zero attached hydrogens (tertiary/aromatic N) is 1. The van der Waals surface area contributed by atoms with Crippen molar-refractivity contribution in [3.8, 4) is 5.75 Å². The van der Waals surface area contributed by atoms with Crippen molar-refractivity contribution in [2.45, 2.75) is 67.5 Å². The number of esters is 2. The first kappa shape index (κ1) is 34.8. The molecule has 3 aliphatic rings. The summed E-state index contributed by atoms with van der Waals surface area (Å²) in [5, 5.41) is 0.652. The van der Waals surface area contributed by atoms with E-state index in [2.05, 4.69) is 31.9 Å². The summed E-state index contributed by atoms with van der Waals surface area (Å²) in [6.07, 6.45) is 0.749. The minimum atomic E-state index is -1.64. The number of hydrogen-bond donors (Lipinski definition) is 0. The largest absolute Gasteiger partial charge is 0.514 e. The highest BCUT2D eigenvalue weighted by Crippen LogP contribution is 2.59. The van der Waals surface area contributed by atoms with Crippen LogP contribution in [0.3, 0.4) is 0 Å². The number of likely N-dealkylation sites (tertiary alicyclic amines) is 1. The second kappa shape index (κ2) is 12.2. The molecule has 1 aromatic heterocycles. The quantitative estimate of drug-likeness (QED) is 0.0645. The fourth-order valence-corrected chi connectivity index (χ4v) is 6.24. The SMILES string of the molecule is Cc1cc(=O)oc2cc(OC(=O)OC(C)C34C=CC(COC(=O)C(C)(C)Br)(O3)C3C(=O)N(CCOC(=O)C(C)(C)Br)C(=O)C34)ccc12. The lowest BCUT2D eigenvalue weighted by atomic mass is 9.70. The topological polar surface area (TPSA) is 165 Å². The number of imide groups is 1. The van der Waals surface area contributed by atoms with Gasteiger partial charge in [-0.15, -0.1) is 0 Å². The summed E-state index contributed by atoms with van der Waals surface area (Å²) in [5.41, 5.74) is -2.86. The molecule has 13 nitrogen and oxygen atoms in total. The van der Waals surface area contributed by atoms with E-state index >= 15 is 0 Å². The lowest BCUT2D eigenvalue weighted by Crippen LogP contribution is -2.50. The summed E-state index contributed by atoms with van der Waals surface area (Å²) in [6.45, 7) is 8.72. The van der Waals surface area contributed by atoms with Crippen LogP contribution in [0.25, 0.3) is 11.0 Å². The van der Waals surface area contributed by atoms with Crippen molar-refractivity contribution in [2.24, 2.45) is 11.8 Å². The number of alkyl halides is 2. The first-order valence-electron chi connectivity index (χ1n) is 14.7. The fraction of sp³-hybridized carbons (Fsp3) is 0.500. The highest BCUT2D eigenvalue weighted by molar-refractivity contribution is 9.10. The number of carbonyl (C=O) groups is 5. The number of ether oxygens (including phenoxy) is 5. The smallest absolute Gasteiger partial charge is 0.463 e. The van der Waals surface area contributed by atoms with Gasteiger partial charge in [-0.25, -0.2) is 9.59 Å². The summed E-state index contributed by atoms with van der Waals surface area (Å²) in [6, 6.07) is 5.84. The molecule has 2 amide bonds. The number of benzene rings is 1. The molecule has 5 rings (SSSR count). The van der Waals surface area contributed by atoms with E-state index < -0.39 is 79.9 Å². The van der Waals surface area contributed by atoms with Crippen LogP contribution in [0.4, 0.5) is 4.79 Å². The number of amides is 2. The van der Waals surface area contributed by atoms with E-state index in [1.54, 1.807) is 46.8 Å². The van der Waals surface area contributed by atoms with E-state index in [1.807, 2.05) is 0 Å². The molecule has 0 saturated carbocycles. The highest BCUT2D eigenvalue weighted by atomic mass is 79.9. The third kappa shape index (κ3) is 6.36. The van der Waals surface area contributed by atoms with E-state index in [9.17, 15) is 28.8 Å². The maximum Gasteiger partial charge on any atom is 0.514 e. The molecule has 2 aromatic rings. The first-order valence-corrected chi connectivity index (χ1v) is 16.3. The molecule has 0 aliphatic carbocycles. The molecule has 3 aliphatic heterocycles. The zero-order chi connectivity index (χ0) is 34.7. The Morgan fingerprint density at radius 3 is 2.26 bits per heavy atom. The van der Waals surface area contributed by atoms with Crippen LogP contribution in [0, 0.1) is 18.8 Å². The van der Waals surface area contributed by atoms with Crippen LogP contribution in [0.5, 0.6) is 5.75 Å². The van der Waals surface area contributed by atoms with E-state index in [-0.39, 0.29) is 24.5 Å². The monoisotopic (exact) mass is 781 g/mol. The Bertz CT molecular complexity index is 1750. The lowest BCUT2D eigenvalue weighted by molar-refractivity contribution is -0.169. The summed E-state index contributed by atoms with van der Waals surface area (Å²) in [5.74, 6) is -4.72. The molecule has 15 heteroatoms. The lowest BCUT2D eigenvalue weighted by Gasteiger charge is -2.34. The van der Waals surface area contributed by atoms with Crippen LogP contribution < -0.4 is 10.4 Å². The number of aryl methyl sites for hydroxylation is 1. The van der Waals surface area contributed by atoms with Gasteiger partial charge in [-0.2, -0.15) is 0 Å². The van der Waals surface area contributed by atoms with Crippen molar-refractivity contribution >= 4 is 72.7 Å². The van der Waals surface area contributed by atoms with Crippen LogP contribution in [0.2, 0.25) is 0 Å². The Morgan fingerprint density at radius 2 is 1.60 bits per heavy atom. The van der Waals surface area contributed by atoms with Gasteiger partial charge in [0.1, 0.15) is 50.5 Å². The molecule has 5 unspecified atom stereocenters. The first-order chi connectivity index (χ1) is 21.8. The molecule has 1 aromatic carbocycles. The molecule has 2 saturated heterocycles. The molecule has 2 fully saturated rings. The van der Waals surface area contributed by atoms with Gasteiger partial charge >= 0.3 is 23.7 Å². The minimum absolute atomic E-state index is 0.0336. The number of carbonyl (C=O) groups excluding carboxylic acids is 5. The van der Waals surface area contributed by atoms with Gasteiger partial charge in [-0.3, -0.25) is 24.1 Å². The van der Waals surface area contributed by atoms with Gasteiger partial charge in [-0.05, 0) is 71.4 Å². The highest BCUT2D eigenvalue weighted by Gasteiger charge is 2.76. The molecule has 0 spiro atoms. The van der Waals surface area contributed by atoms with Crippen LogP contribution in [-0.2, 0) is 38.1 Å². The Balaban J connectivity index is 1.38. The molecule has 0 N–H and O–H groups in total. The Kier molecular flexibility index (Phi) is 8.99. The standard InChI is InChI=1S/C32H33Br2NO12/c1-16-13-21(36)46-20-14-18(7-8-19(16)20)45-28(41)44-17(2)32-10-9-31(47-32,15-43-27(40)30(5,6)34)22-23(32)25(38)35(24(22)37)11-12-42-26(39)29(3,4)33/h7-10,13-14,17,22-23H,11-12,15H2,1-6H3. The average molecular weight is 783 g/mol. The maximum absolute atomic E-state index is 13.9. The van der Waals surface area contributed by atoms with E-state index in [0.29, 0.717) is 10.9 Å². The van der Waals surface area contributed by atoms with Crippen molar-refractivity contribution in [3.05, 3.63) is 52.4 Å². The van der Waals surface area contributed by atoms with E-state index in [1.165, 1.54) is 31.2 Å². The van der Waals surface area contributed by atoms with Gasteiger partial charge in [0.2, 0.25) is 11.8 Å². The van der Waals surface area contributed by atoms with E-state index in [4.69, 9.17) is 28.1 Å². The summed E-state index contributed by atoms with van der Waals surface area (Å²) >= 11 is 6.47. The Hall–Kier alpha value is -3.56. The van der Waals surface area contributed by atoms with Crippen LogP contribution >= 0.6 is 31.9 Å². The fourth-order valence-electron chi connectivity index (χ4n) is 6.01. The van der Waals surface area contributed by atoms with Crippen LogP contribution in [0.15, 0.2) is 45.6 Å². The Morgan fingerprint density at radius 1 is 0.957 bits per heavy atom. The number of rotatable bonds is 10. The zero-order valence-electron chi connectivity index (χ0n) is 26.4. The van der Waals surface area contributed by atoms with Gasteiger partial charge in [0.05, 0.1) is 18.4 Å². The molecule has 4 heterocycles. The van der Waals surface area contributed by atoms with Gasteiger partial charge < -0.3 is 28.1 Å². The second-order valence-corrected chi connectivity index (χ2v) is 16.7. The molecule has 0 radical (unpaired) electrons. The van der Waals surface area contributed by atoms with E-state index in [0.717, 1.165) is 4.90 Å². The van der Waals surface area contributed by atoms with Crippen molar-refractivity contribution in [3.63, 3.8) is 0 Å². The van der Waals surface area contributed by atoms with Gasteiger partial charge in [-0.1, -0.05) is 31.9 Å². The predicted molar refractivity (Wildman–Crippen MR) is 171 cm³/mol. The third-order valence-electron chi connectivity index (χ3n) is 8.38. The van der Waals surface area contributed by atoms with Gasteiger partial charge in [0.25, 0.3) is 0 Å². The summed E-state index contributed by atoms with van der Waals surface area (Å²) in [7, 11) is 0. The number of hydrogen-bond acceptors (Lipinski definition) is 12. The summed E-state index contributed by atoms with van der Waals surface area (Å²) in [4.78, 5) is 78.4. The van der Waals surface area contributed by atoms with Gasteiger partial charge in [0.15, 0.2) is 0 Å². The zero-order valence-corrected chi connectivity index (χ0v) is 29.6. The minimum Gasteiger partial charge on any atom is -0.463 e. The van der Waals surface area contributed by atoms with Crippen molar-refractivity contribution in [1.29, 1.82) is 0 Å². The molecular formula is C32H33Br2NO12. The van der Waals surface area contributed by atoms with Crippen molar-refractivity contribution in [2.75, 3.05) is 19.8 Å². The molecule has 47 heavy (non-hydrogen) atoms. The molecular weight excluding hydrogens is 750 g/mol. The normalized spacial score (nSPS) is 25.6. The average Bonchev–Trinajstić information content (AvgIpc) is 3.58. The number of fused-ring (bicyclic) bond motifs is 6. The van der Waals surface area contributed by atoms with Gasteiger partial charge in [0, 0.05) is 17.5 Å². The van der Waals surface area contributed by atoms with Crippen LogP contribution in [-0.4, -0.2) is 80.5 Å². The Labute approximate surface area is 286 Å². The molecule has 2 bridgehead atoms. The predicted octanol–water partition coefficient (Wildman–Crippen LogP) is 4.12. The van der Waals surface area contributed by atoms with Crippen LogP contribution in [0.1, 0.15) is 40.2 Å². The number of halogens is 2. The van der Waals surface area contributed by atoms with Crippen molar-refractivity contribution in [1.82, 2.24) is 4.90 Å². The maximum atomic E-state index is 13.9. The molecule has 5 atom stereocenters. The second-order valence-electron chi connectivity index (χ2n) is 12.7. The molecule has 252 valence electrons. The summed E-state index contributed by atoms with van der Waals surface area (Å²) < 4.78 is 31.4. The van der Waals surface area contributed by atoms with Crippen molar-refractivity contribution < 1.29 is 52.1 Å².